The van der Waals surface area contributed by atoms with Crippen LogP contribution in [-0.2, 0) is 19.3 Å². The summed E-state index contributed by atoms with van der Waals surface area (Å²) in [5, 5.41) is 9.23. The highest BCUT2D eigenvalue weighted by molar-refractivity contribution is 5.28. The topological polar surface area (TPSA) is 23.5 Å². The Kier molecular flexibility index (Phi) is 7.93. The lowest BCUT2D eigenvalue weighted by Gasteiger charge is -2.20. The fraction of sp³-hybridized carbons (Fsp3) is 0.455. The molecule has 0 aliphatic carbocycles. The van der Waals surface area contributed by atoms with E-state index in [1.807, 2.05) is 0 Å². The van der Waals surface area contributed by atoms with Crippen LogP contribution in [0, 0.1) is 5.82 Å². The summed E-state index contributed by atoms with van der Waals surface area (Å²) in [6, 6.07) is 13.6. The first kappa shape index (κ1) is 19.5. The standard InChI is InChI=1S/C22H30FNO/c1-3-18-9-11-19(12-10-18)7-5-15-24(4-2)16-6-8-20-13-14-22(25)21(23)17-20/h9-14,17,25H,3-8,15-16H2,1-2H3. The maximum atomic E-state index is 13.3. The number of phenols is 1. The van der Waals surface area contributed by atoms with E-state index in [1.54, 1.807) is 6.07 Å². The first-order chi connectivity index (χ1) is 12.1. The van der Waals surface area contributed by atoms with Crippen LogP contribution in [0.5, 0.6) is 5.75 Å². The number of hydrogen-bond donors (Lipinski definition) is 1. The molecule has 0 radical (unpaired) electrons. The summed E-state index contributed by atoms with van der Waals surface area (Å²) >= 11 is 0. The Bertz CT molecular complexity index is 639. The third kappa shape index (κ3) is 6.50. The summed E-state index contributed by atoms with van der Waals surface area (Å²) in [5.41, 5.74) is 3.75. The van der Waals surface area contributed by atoms with Crippen molar-refractivity contribution in [3.8, 4) is 5.75 Å². The van der Waals surface area contributed by atoms with Crippen molar-refractivity contribution < 1.29 is 9.50 Å². The van der Waals surface area contributed by atoms with E-state index >= 15 is 0 Å². The smallest absolute Gasteiger partial charge is 0.165 e. The SMILES string of the molecule is CCc1ccc(CCCN(CC)CCCc2ccc(O)c(F)c2)cc1. The third-order valence-electron chi connectivity index (χ3n) is 4.77. The van der Waals surface area contributed by atoms with Gasteiger partial charge < -0.3 is 10.0 Å². The highest BCUT2D eigenvalue weighted by atomic mass is 19.1. The number of hydrogen-bond acceptors (Lipinski definition) is 2. The molecule has 0 saturated heterocycles. The van der Waals surface area contributed by atoms with Gasteiger partial charge in [0.2, 0.25) is 0 Å². The fourth-order valence-corrected chi connectivity index (χ4v) is 3.09. The van der Waals surface area contributed by atoms with Crippen molar-refractivity contribution in [2.75, 3.05) is 19.6 Å². The first-order valence-corrected chi connectivity index (χ1v) is 9.40. The molecule has 0 saturated carbocycles. The molecular formula is C22H30FNO. The average molecular weight is 343 g/mol. The molecule has 0 unspecified atom stereocenters. The van der Waals surface area contributed by atoms with Crippen LogP contribution < -0.4 is 0 Å². The lowest BCUT2D eigenvalue weighted by atomic mass is 10.1. The van der Waals surface area contributed by atoms with Crippen molar-refractivity contribution in [2.24, 2.45) is 0 Å². The molecule has 0 atom stereocenters. The number of phenolic OH excluding ortho intramolecular Hbond substituents is 1. The van der Waals surface area contributed by atoms with Gasteiger partial charge in [-0.05, 0) is 80.6 Å². The second-order valence-corrected chi connectivity index (χ2v) is 6.60. The molecule has 0 heterocycles. The summed E-state index contributed by atoms with van der Waals surface area (Å²) in [6.07, 6.45) is 5.21. The molecule has 0 aliphatic rings. The van der Waals surface area contributed by atoms with Crippen molar-refractivity contribution >= 4 is 0 Å². The maximum absolute atomic E-state index is 13.3. The largest absolute Gasteiger partial charge is 0.505 e. The van der Waals surface area contributed by atoms with Gasteiger partial charge in [-0.15, -0.1) is 0 Å². The molecule has 0 fully saturated rings. The van der Waals surface area contributed by atoms with E-state index in [1.165, 1.54) is 23.3 Å². The maximum Gasteiger partial charge on any atom is 0.165 e. The molecule has 0 aliphatic heterocycles. The van der Waals surface area contributed by atoms with Gasteiger partial charge in [0.15, 0.2) is 11.6 Å². The Morgan fingerprint density at radius 3 is 1.96 bits per heavy atom. The number of nitrogens with zero attached hydrogens (tertiary/aromatic N) is 1. The van der Waals surface area contributed by atoms with E-state index in [2.05, 4.69) is 43.0 Å². The zero-order chi connectivity index (χ0) is 18.1. The normalized spacial score (nSPS) is 11.2. The summed E-state index contributed by atoms with van der Waals surface area (Å²) < 4.78 is 13.3. The average Bonchev–Trinajstić information content (AvgIpc) is 2.64. The van der Waals surface area contributed by atoms with E-state index in [9.17, 15) is 9.50 Å². The van der Waals surface area contributed by atoms with Gasteiger partial charge in [-0.2, -0.15) is 0 Å². The minimum absolute atomic E-state index is 0.272. The Morgan fingerprint density at radius 2 is 1.40 bits per heavy atom. The van der Waals surface area contributed by atoms with Crippen molar-refractivity contribution in [2.45, 2.75) is 46.0 Å². The molecule has 0 aromatic heterocycles. The molecule has 2 rings (SSSR count). The van der Waals surface area contributed by atoms with Gasteiger partial charge in [-0.1, -0.05) is 44.2 Å². The zero-order valence-electron chi connectivity index (χ0n) is 15.5. The van der Waals surface area contributed by atoms with E-state index < -0.39 is 5.82 Å². The molecule has 0 spiro atoms. The monoisotopic (exact) mass is 343 g/mol. The predicted molar refractivity (Wildman–Crippen MR) is 103 cm³/mol. The first-order valence-electron chi connectivity index (χ1n) is 9.40. The molecule has 3 heteroatoms. The summed E-state index contributed by atoms with van der Waals surface area (Å²) in [5.74, 6) is -0.801. The van der Waals surface area contributed by atoms with Crippen LogP contribution in [0.2, 0.25) is 0 Å². The Morgan fingerprint density at radius 1 is 0.840 bits per heavy atom. The third-order valence-corrected chi connectivity index (χ3v) is 4.77. The fourth-order valence-electron chi connectivity index (χ4n) is 3.09. The van der Waals surface area contributed by atoms with Crippen LogP contribution in [0.15, 0.2) is 42.5 Å². The van der Waals surface area contributed by atoms with Crippen LogP contribution >= 0.6 is 0 Å². The van der Waals surface area contributed by atoms with Gasteiger partial charge in [0, 0.05) is 0 Å². The lowest BCUT2D eigenvalue weighted by molar-refractivity contribution is 0.281. The van der Waals surface area contributed by atoms with Crippen molar-refractivity contribution in [1.82, 2.24) is 4.90 Å². The highest BCUT2D eigenvalue weighted by Crippen LogP contribution is 2.17. The second kappa shape index (κ2) is 10.2. The summed E-state index contributed by atoms with van der Waals surface area (Å²) in [4.78, 5) is 2.46. The quantitative estimate of drug-likeness (QED) is 0.657. The molecule has 0 bridgehead atoms. The number of benzene rings is 2. The highest BCUT2D eigenvalue weighted by Gasteiger charge is 2.05. The second-order valence-electron chi connectivity index (χ2n) is 6.60. The molecule has 136 valence electrons. The Hall–Kier alpha value is -1.87. The van der Waals surface area contributed by atoms with Crippen molar-refractivity contribution in [3.63, 3.8) is 0 Å². The zero-order valence-corrected chi connectivity index (χ0v) is 15.5. The van der Waals surface area contributed by atoms with Crippen LogP contribution in [-0.4, -0.2) is 29.6 Å². The minimum Gasteiger partial charge on any atom is -0.505 e. The van der Waals surface area contributed by atoms with Gasteiger partial charge in [-0.25, -0.2) is 4.39 Å². The van der Waals surface area contributed by atoms with E-state index in [0.717, 1.165) is 57.3 Å². The van der Waals surface area contributed by atoms with Crippen LogP contribution in [0.4, 0.5) is 4.39 Å². The predicted octanol–water partition coefficient (Wildman–Crippen LogP) is 4.98. The molecule has 1 N–H and O–H groups in total. The minimum atomic E-state index is -0.529. The van der Waals surface area contributed by atoms with E-state index in [0.29, 0.717) is 0 Å². The van der Waals surface area contributed by atoms with Crippen LogP contribution in [0.25, 0.3) is 0 Å². The number of rotatable bonds is 10. The Labute approximate surface area is 151 Å². The lowest BCUT2D eigenvalue weighted by Crippen LogP contribution is -2.26. The number of aromatic hydroxyl groups is 1. The molecule has 25 heavy (non-hydrogen) atoms. The van der Waals surface area contributed by atoms with Crippen molar-refractivity contribution in [1.29, 1.82) is 0 Å². The van der Waals surface area contributed by atoms with E-state index in [-0.39, 0.29) is 5.75 Å². The molecule has 2 nitrogen and oxygen atoms in total. The number of halogens is 1. The molecule has 2 aromatic carbocycles. The van der Waals surface area contributed by atoms with Gasteiger partial charge in [0.05, 0.1) is 0 Å². The van der Waals surface area contributed by atoms with E-state index in [4.69, 9.17) is 0 Å². The van der Waals surface area contributed by atoms with Gasteiger partial charge in [-0.3, -0.25) is 0 Å². The number of aryl methyl sites for hydroxylation is 3. The Balaban J connectivity index is 1.69. The van der Waals surface area contributed by atoms with Gasteiger partial charge in [0.1, 0.15) is 0 Å². The molecule has 0 amide bonds. The van der Waals surface area contributed by atoms with Gasteiger partial charge in [0.25, 0.3) is 0 Å². The molecular weight excluding hydrogens is 313 g/mol. The molecule has 2 aromatic rings. The van der Waals surface area contributed by atoms with Crippen LogP contribution in [0.3, 0.4) is 0 Å². The van der Waals surface area contributed by atoms with Gasteiger partial charge >= 0.3 is 0 Å². The summed E-state index contributed by atoms with van der Waals surface area (Å²) in [6.45, 7) is 7.53. The summed E-state index contributed by atoms with van der Waals surface area (Å²) in [7, 11) is 0. The van der Waals surface area contributed by atoms with Crippen LogP contribution in [0.1, 0.15) is 43.4 Å². The van der Waals surface area contributed by atoms with Crippen molar-refractivity contribution in [3.05, 3.63) is 65.0 Å².